The van der Waals surface area contributed by atoms with Crippen molar-refractivity contribution in [3.8, 4) is 17.0 Å². The van der Waals surface area contributed by atoms with Gasteiger partial charge in [0.15, 0.2) is 0 Å². The van der Waals surface area contributed by atoms with Gasteiger partial charge in [-0.2, -0.15) is 13.5 Å². The zero-order valence-electron chi connectivity index (χ0n) is 14.4. The van der Waals surface area contributed by atoms with Gasteiger partial charge in [-0.3, -0.25) is 4.79 Å². The summed E-state index contributed by atoms with van der Waals surface area (Å²) in [5, 5.41) is 4.49. The molecule has 134 valence electrons. The van der Waals surface area contributed by atoms with Crippen molar-refractivity contribution in [1.29, 1.82) is 0 Å². The number of nitrogens with zero attached hydrogens (tertiary/aromatic N) is 2. The third-order valence-corrected chi connectivity index (χ3v) is 5.28. The number of rotatable bonds is 6. The van der Waals surface area contributed by atoms with E-state index in [1.807, 2.05) is 30.5 Å². The zero-order valence-corrected chi connectivity index (χ0v) is 16.0. The molecule has 25 heavy (non-hydrogen) atoms. The molecule has 1 aromatic heterocycles. The summed E-state index contributed by atoms with van der Waals surface area (Å²) in [6.07, 6.45) is 5.04. The summed E-state index contributed by atoms with van der Waals surface area (Å²) in [4.78, 5) is 13.7. The topological polar surface area (TPSA) is 78.3 Å². The van der Waals surface area contributed by atoms with E-state index in [1.54, 1.807) is 18.7 Å². The summed E-state index contributed by atoms with van der Waals surface area (Å²) >= 11 is 1.63. The number of hydrogen-bond acceptors (Lipinski definition) is 6. The van der Waals surface area contributed by atoms with E-state index >= 15 is 0 Å². The van der Waals surface area contributed by atoms with Crippen LogP contribution in [0.2, 0.25) is 0 Å². The molecule has 0 bridgehead atoms. The second kappa shape index (κ2) is 6.84. The first kappa shape index (κ1) is 18.0. The molecule has 0 N–H and O–H groups in total. The monoisotopic (exact) mass is 380 g/mol. The first-order valence-corrected chi connectivity index (χ1v) is 11.0. The van der Waals surface area contributed by atoms with Crippen LogP contribution in [0.4, 0.5) is 0 Å². The third-order valence-electron chi connectivity index (χ3n) is 4.07. The lowest BCUT2D eigenvalue weighted by atomic mass is 10.1. The maximum Gasteiger partial charge on any atom is 0.311 e. The highest BCUT2D eigenvalue weighted by molar-refractivity contribution is 7.98. The Hall–Kier alpha value is -1.80. The lowest BCUT2D eigenvalue weighted by Crippen LogP contribution is -2.28. The predicted molar refractivity (Wildman–Crippen MR) is 98.6 cm³/mol. The molecule has 2 aromatic rings. The highest BCUT2D eigenvalue weighted by Gasteiger charge is 2.26. The van der Waals surface area contributed by atoms with E-state index in [9.17, 15) is 13.2 Å². The molecule has 1 aromatic carbocycles. The number of benzene rings is 1. The minimum atomic E-state index is -3.81. The second-order valence-corrected chi connectivity index (χ2v) is 8.70. The van der Waals surface area contributed by atoms with Gasteiger partial charge in [-0.25, -0.2) is 4.68 Å². The van der Waals surface area contributed by atoms with Gasteiger partial charge >= 0.3 is 15.7 Å². The fourth-order valence-electron chi connectivity index (χ4n) is 2.57. The lowest BCUT2D eigenvalue weighted by molar-refractivity contribution is 0.466. The molecule has 6 nitrogen and oxygen atoms in total. The van der Waals surface area contributed by atoms with Gasteiger partial charge < -0.3 is 4.18 Å². The number of hydrogen-bond donors (Lipinski definition) is 0. The molecule has 1 aliphatic rings. The van der Waals surface area contributed by atoms with Crippen LogP contribution in [0.3, 0.4) is 0 Å². The summed E-state index contributed by atoms with van der Waals surface area (Å²) < 4.78 is 29.5. The average molecular weight is 380 g/mol. The molecule has 3 rings (SSSR count). The fraction of sp³-hybridized carbons (Fsp3) is 0.412. The maximum atomic E-state index is 12.6. The van der Waals surface area contributed by atoms with E-state index < -0.39 is 15.7 Å². The summed E-state index contributed by atoms with van der Waals surface area (Å²) in [7, 11) is -3.81. The third kappa shape index (κ3) is 4.24. The quantitative estimate of drug-likeness (QED) is 0.566. The van der Waals surface area contributed by atoms with Crippen LogP contribution in [0.5, 0.6) is 5.75 Å². The van der Waals surface area contributed by atoms with Crippen molar-refractivity contribution in [2.24, 2.45) is 5.92 Å². The van der Waals surface area contributed by atoms with Gasteiger partial charge in [0.05, 0.1) is 11.9 Å². The van der Waals surface area contributed by atoms with E-state index in [-0.39, 0.29) is 5.75 Å². The fourth-order valence-corrected chi connectivity index (χ4v) is 3.47. The van der Waals surface area contributed by atoms with Crippen molar-refractivity contribution in [2.75, 3.05) is 12.5 Å². The minimum Gasteiger partial charge on any atom is -0.376 e. The molecule has 1 aliphatic carbocycles. The molecule has 0 radical (unpaired) electrons. The lowest BCUT2D eigenvalue weighted by Gasteiger charge is -2.14. The van der Waals surface area contributed by atoms with Crippen LogP contribution >= 0.6 is 11.8 Å². The first-order valence-electron chi connectivity index (χ1n) is 7.94. The molecule has 8 heteroatoms. The predicted octanol–water partition coefficient (Wildman–Crippen LogP) is 2.69. The van der Waals surface area contributed by atoms with Crippen LogP contribution in [0, 0.1) is 12.8 Å². The van der Waals surface area contributed by atoms with Crippen LogP contribution in [0.15, 0.2) is 34.0 Å². The minimum absolute atomic E-state index is 0.165. The van der Waals surface area contributed by atoms with Crippen molar-refractivity contribution in [1.82, 2.24) is 9.78 Å². The summed E-state index contributed by atoms with van der Waals surface area (Å²) in [6.45, 7) is 2.14. The Morgan fingerprint density at radius 2 is 1.92 bits per heavy atom. The standard InChI is InChI=1S/C17H20N2O4S2/c1-11-15(13-6-8-14(24-2)9-7-13)18-19(10-12-4-5-12)17(20)16(11)23-25(3,21)22/h6-9,12H,4-5,10H2,1-3H3. The molecule has 0 saturated heterocycles. The smallest absolute Gasteiger partial charge is 0.311 e. The van der Waals surface area contributed by atoms with Crippen molar-refractivity contribution in [2.45, 2.75) is 31.2 Å². The maximum absolute atomic E-state index is 12.6. The largest absolute Gasteiger partial charge is 0.376 e. The normalized spacial score (nSPS) is 14.5. The van der Waals surface area contributed by atoms with Gasteiger partial charge in [0.2, 0.25) is 5.75 Å². The number of aromatic nitrogens is 2. The van der Waals surface area contributed by atoms with Crippen molar-refractivity contribution < 1.29 is 12.6 Å². The Morgan fingerprint density at radius 1 is 1.28 bits per heavy atom. The number of thioether (sulfide) groups is 1. The molecule has 0 atom stereocenters. The zero-order chi connectivity index (χ0) is 18.2. The van der Waals surface area contributed by atoms with Crippen molar-refractivity contribution in [3.63, 3.8) is 0 Å². The SMILES string of the molecule is CSc1ccc(-c2nn(CC3CC3)c(=O)c(OS(C)(=O)=O)c2C)cc1. The van der Waals surface area contributed by atoms with Crippen LogP contribution in [0.1, 0.15) is 18.4 Å². The summed E-state index contributed by atoms with van der Waals surface area (Å²) in [6, 6.07) is 7.76. The highest BCUT2D eigenvalue weighted by atomic mass is 32.2. The van der Waals surface area contributed by atoms with Gasteiger partial charge in [-0.15, -0.1) is 11.8 Å². The average Bonchev–Trinajstić information content (AvgIpc) is 3.37. The van der Waals surface area contributed by atoms with E-state index in [0.29, 0.717) is 23.7 Å². The van der Waals surface area contributed by atoms with E-state index in [4.69, 9.17) is 4.18 Å². The molecule has 1 heterocycles. The second-order valence-electron chi connectivity index (χ2n) is 6.25. The molecule has 0 aliphatic heterocycles. The van der Waals surface area contributed by atoms with Crippen LogP contribution < -0.4 is 9.74 Å². The van der Waals surface area contributed by atoms with E-state index in [0.717, 1.165) is 29.6 Å². The first-order chi connectivity index (χ1) is 11.8. The molecule has 1 saturated carbocycles. The Morgan fingerprint density at radius 3 is 2.44 bits per heavy atom. The molecule has 0 unspecified atom stereocenters. The van der Waals surface area contributed by atoms with E-state index in [1.165, 1.54) is 4.68 Å². The molecule has 0 spiro atoms. The molecular weight excluding hydrogens is 360 g/mol. The Balaban J connectivity index is 2.15. The van der Waals surface area contributed by atoms with Gasteiger partial charge in [-0.05, 0) is 44.1 Å². The summed E-state index contributed by atoms with van der Waals surface area (Å²) in [5.41, 5.74) is 1.31. The van der Waals surface area contributed by atoms with Crippen molar-refractivity contribution >= 4 is 21.9 Å². The highest BCUT2D eigenvalue weighted by Crippen LogP contribution is 2.32. The molecule has 0 amide bonds. The molecular formula is C17H20N2O4S2. The van der Waals surface area contributed by atoms with Gasteiger partial charge in [0.1, 0.15) is 0 Å². The van der Waals surface area contributed by atoms with Crippen LogP contribution in [0.25, 0.3) is 11.3 Å². The Kier molecular flexibility index (Phi) is 4.92. The van der Waals surface area contributed by atoms with Gasteiger partial charge in [-0.1, -0.05) is 12.1 Å². The Labute approximate surface area is 151 Å². The van der Waals surface area contributed by atoms with Crippen LogP contribution in [-0.4, -0.2) is 30.7 Å². The van der Waals surface area contributed by atoms with Crippen LogP contribution in [-0.2, 0) is 16.7 Å². The Bertz CT molecular complexity index is 946. The summed E-state index contributed by atoms with van der Waals surface area (Å²) in [5.74, 6) is 0.257. The van der Waals surface area contributed by atoms with E-state index in [2.05, 4.69) is 5.10 Å². The van der Waals surface area contributed by atoms with Gasteiger partial charge in [0.25, 0.3) is 0 Å². The molecule has 1 fully saturated rings. The van der Waals surface area contributed by atoms with Crippen molar-refractivity contribution in [3.05, 3.63) is 40.2 Å². The van der Waals surface area contributed by atoms with Gasteiger partial charge in [0, 0.05) is 22.6 Å².